The number of aromatic hydroxyl groups is 1. The molecule has 1 saturated carbocycles. The summed E-state index contributed by atoms with van der Waals surface area (Å²) in [5.41, 5.74) is 2.70. The van der Waals surface area contributed by atoms with Gasteiger partial charge in [0.1, 0.15) is 22.8 Å². The molecule has 4 aliphatic rings. The standard InChI is InChI=1S/C26H30ClN3O7/c1-29(2)20-14-7-10-6-13-17(15(31)8-11(19(13)27)9-30(3)12-4-5-12)21(32)16(10)23(34)26(14,37)24(35)18(22(20)33)25(28)36/h8,10,12,14,20,31,33-34,37H,4-7,9H2,1-3H3,(H2,28,36)/t10-,14-,20-,26-/m0/s1. The number of nitrogens with zero attached hydrogens (tertiary/aromatic N) is 2. The van der Waals surface area contributed by atoms with Gasteiger partial charge in [-0.3, -0.25) is 24.2 Å². The Kier molecular flexibility index (Phi) is 5.95. The topological polar surface area (TPSA) is 165 Å². The lowest BCUT2D eigenvalue weighted by Gasteiger charge is -2.50. The number of ketones is 2. The molecular weight excluding hydrogens is 502 g/mol. The van der Waals surface area contributed by atoms with Gasteiger partial charge in [-0.05, 0) is 69.9 Å². The van der Waals surface area contributed by atoms with E-state index in [0.717, 1.165) is 12.8 Å². The summed E-state index contributed by atoms with van der Waals surface area (Å²) in [6, 6.07) is 0.861. The third-order valence-corrected chi connectivity index (χ3v) is 8.79. The maximum Gasteiger partial charge on any atom is 0.255 e. The van der Waals surface area contributed by atoms with Gasteiger partial charge in [0, 0.05) is 29.1 Å². The van der Waals surface area contributed by atoms with Crippen LogP contribution in [0.15, 0.2) is 28.7 Å². The number of hydrogen-bond donors (Lipinski definition) is 5. The number of hydrogen-bond acceptors (Lipinski definition) is 9. The molecule has 4 aliphatic carbocycles. The van der Waals surface area contributed by atoms with E-state index in [1.165, 1.54) is 11.0 Å². The Labute approximate surface area is 218 Å². The summed E-state index contributed by atoms with van der Waals surface area (Å²) in [5, 5.41) is 45.0. The van der Waals surface area contributed by atoms with E-state index in [1.807, 2.05) is 7.05 Å². The Morgan fingerprint density at radius 1 is 1.19 bits per heavy atom. The normalized spacial score (nSPS) is 29.5. The van der Waals surface area contributed by atoms with Crippen molar-refractivity contribution in [3.8, 4) is 5.75 Å². The maximum atomic E-state index is 13.7. The van der Waals surface area contributed by atoms with Gasteiger partial charge in [-0.15, -0.1) is 0 Å². The number of aliphatic hydroxyl groups excluding tert-OH is 2. The van der Waals surface area contributed by atoms with Crippen LogP contribution in [0.2, 0.25) is 5.02 Å². The first-order valence-electron chi connectivity index (χ1n) is 12.2. The number of fused-ring (bicyclic) bond motifs is 3. The Morgan fingerprint density at radius 3 is 2.41 bits per heavy atom. The summed E-state index contributed by atoms with van der Waals surface area (Å²) >= 11 is 6.77. The second-order valence-electron chi connectivity index (χ2n) is 10.8. The number of Topliss-reactive ketones (excluding diaryl/α,β-unsaturated/α-hetero) is 2. The molecule has 1 aromatic carbocycles. The predicted molar refractivity (Wildman–Crippen MR) is 133 cm³/mol. The first kappa shape index (κ1) is 25.7. The average molecular weight is 532 g/mol. The molecule has 0 heterocycles. The zero-order valence-electron chi connectivity index (χ0n) is 20.8. The van der Waals surface area contributed by atoms with Crippen LogP contribution in [0.25, 0.3) is 0 Å². The molecule has 0 saturated heterocycles. The van der Waals surface area contributed by atoms with E-state index in [2.05, 4.69) is 4.90 Å². The second-order valence-corrected chi connectivity index (χ2v) is 11.2. The van der Waals surface area contributed by atoms with Gasteiger partial charge in [0.05, 0.1) is 11.6 Å². The second kappa shape index (κ2) is 8.56. The first-order chi connectivity index (χ1) is 17.3. The number of likely N-dealkylation sites (N-methyl/N-ethyl adjacent to an activating group) is 1. The van der Waals surface area contributed by atoms with Crippen LogP contribution in [0.4, 0.5) is 0 Å². The van der Waals surface area contributed by atoms with Gasteiger partial charge in [0.2, 0.25) is 5.78 Å². The number of carbonyl (C=O) groups is 3. The van der Waals surface area contributed by atoms with Crippen molar-refractivity contribution in [3.05, 3.63) is 50.4 Å². The zero-order chi connectivity index (χ0) is 27.1. The Bertz CT molecular complexity index is 1320. The van der Waals surface area contributed by atoms with Crippen molar-refractivity contribution in [2.24, 2.45) is 17.6 Å². The summed E-state index contributed by atoms with van der Waals surface area (Å²) in [6.07, 6.45) is 2.37. The van der Waals surface area contributed by atoms with Crippen LogP contribution >= 0.6 is 11.6 Å². The number of primary amides is 1. The summed E-state index contributed by atoms with van der Waals surface area (Å²) in [6.45, 7) is 0.491. The fourth-order valence-corrected chi connectivity index (χ4v) is 6.67. The van der Waals surface area contributed by atoms with Crippen molar-refractivity contribution >= 4 is 29.1 Å². The van der Waals surface area contributed by atoms with Crippen molar-refractivity contribution in [2.75, 3.05) is 21.1 Å². The molecule has 1 aromatic rings. The molecule has 11 heteroatoms. The number of benzene rings is 1. The lowest BCUT2D eigenvalue weighted by Crippen LogP contribution is -2.63. The van der Waals surface area contributed by atoms with E-state index in [4.69, 9.17) is 17.3 Å². The Hall–Kier alpha value is -2.92. The molecule has 37 heavy (non-hydrogen) atoms. The molecule has 1 fully saturated rings. The van der Waals surface area contributed by atoms with Crippen molar-refractivity contribution in [1.82, 2.24) is 9.80 Å². The minimum atomic E-state index is -2.66. The molecule has 4 atom stereocenters. The monoisotopic (exact) mass is 531 g/mol. The van der Waals surface area contributed by atoms with Gasteiger partial charge in [0.15, 0.2) is 11.4 Å². The molecule has 6 N–H and O–H groups in total. The van der Waals surface area contributed by atoms with Gasteiger partial charge >= 0.3 is 0 Å². The van der Waals surface area contributed by atoms with Crippen LogP contribution in [-0.2, 0) is 22.6 Å². The lowest BCUT2D eigenvalue weighted by molar-refractivity contribution is -0.148. The molecule has 0 aliphatic heterocycles. The number of amides is 1. The number of nitrogens with two attached hydrogens (primary N) is 1. The van der Waals surface area contributed by atoms with Crippen LogP contribution < -0.4 is 5.73 Å². The molecule has 198 valence electrons. The SMILES string of the molecule is CN(Cc1cc(O)c2c(c1Cl)C[C@H]1C[C@H]3[C@H](N(C)C)C(O)=C(C(N)=O)C(=O)[C@@]3(O)C(O)=C1C2=O)C1CC1. The predicted octanol–water partition coefficient (Wildman–Crippen LogP) is 1.37. The fourth-order valence-electron chi connectivity index (χ4n) is 6.38. The molecule has 0 aromatic heterocycles. The molecule has 0 radical (unpaired) electrons. The number of allylic oxidation sites excluding steroid dienone is 1. The highest BCUT2D eigenvalue weighted by atomic mass is 35.5. The molecule has 5 rings (SSSR count). The summed E-state index contributed by atoms with van der Waals surface area (Å²) in [4.78, 5) is 42.7. The van der Waals surface area contributed by atoms with Gasteiger partial charge in [0.25, 0.3) is 5.91 Å². The number of phenolic OH excluding ortho intramolecular Hbond substituents is 1. The maximum absolute atomic E-state index is 13.7. The quantitative estimate of drug-likeness (QED) is 0.353. The van der Waals surface area contributed by atoms with E-state index in [0.29, 0.717) is 28.7 Å². The van der Waals surface area contributed by atoms with Crippen molar-refractivity contribution in [1.29, 1.82) is 0 Å². The van der Waals surface area contributed by atoms with Gasteiger partial charge < -0.3 is 26.2 Å². The molecule has 0 bridgehead atoms. The highest BCUT2D eigenvalue weighted by Crippen LogP contribution is 2.53. The number of carbonyl (C=O) groups excluding carboxylic acids is 3. The van der Waals surface area contributed by atoms with Gasteiger partial charge in [-0.25, -0.2) is 0 Å². The van der Waals surface area contributed by atoms with E-state index < -0.39 is 58.0 Å². The smallest absolute Gasteiger partial charge is 0.255 e. The van der Waals surface area contributed by atoms with Gasteiger partial charge in [-0.1, -0.05) is 11.6 Å². The van der Waals surface area contributed by atoms with Gasteiger partial charge in [-0.2, -0.15) is 0 Å². The lowest BCUT2D eigenvalue weighted by atomic mass is 9.58. The van der Waals surface area contributed by atoms with E-state index in [9.17, 15) is 34.8 Å². The number of halogens is 1. The Balaban J connectivity index is 1.65. The van der Waals surface area contributed by atoms with Crippen LogP contribution in [0.5, 0.6) is 5.75 Å². The largest absolute Gasteiger partial charge is 0.510 e. The summed E-state index contributed by atoms with van der Waals surface area (Å²) < 4.78 is 0. The van der Waals surface area contributed by atoms with E-state index in [-0.39, 0.29) is 29.7 Å². The highest BCUT2D eigenvalue weighted by molar-refractivity contribution is 6.33. The van der Waals surface area contributed by atoms with Crippen LogP contribution in [0.3, 0.4) is 0 Å². The third kappa shape index (κ3) is 3.61. The van der Waals surface area contributed by atoms with Crippen molar-refractivity contribution in [3.63, 3.8) is 0 Å². The number of aliphatic hydroxyl groups is 3. The molecule has 1 amide bonds. The average Bonchev–Trinajstić information content (AvgIpc) is 3.64. The highest BCUT2D eigenvalue weighted by Gasteiger charge is 2.63. The van der Waals surface area contributed by atoms with Crippen molar-refractivity contribution in [2.45, 2.75) is 49.9 Å². The van der Waals surface area contributed by atoms with E-state index in [1.54, 1.807) is 14.1 Å². The minimum absolute atomic E-state index is 0.0229. The molecule has 10 nitrogen and oxygen atoms in total. The molecule has 0 spiro atoms. The van der Waals surface area contributed by atoms with Crippen LogP contribution in [0.1, 0.15) is 40.7 Å². The fraction of sp³-hybridized carbons (Fsp3) is 0.500. The summed E-state index contributed by atoms with van der Waals surface area (Å²) in [5.74, 6) is -6.77. The van der Waals surface area contributed by atoms with Crippen LogP contribution in [0, 0.1) is 11.8 Å². The first-order valence-corrected chi connectivity index (χ1v) is 12.6. The summed E-state index contributed by atoms with van der Waals surface area (Å²) in [7, 11) is 5.15. The minimum Gasteiger partial charge on any atom is -0.510 e. The number of phenols is 1. The van der Waals surface area contributed by atoms with Crippen LogP contribution in [-0.4, -0.2) is 86.5 Å². The number of rotatable bonds is 5. The molecule has 0 unspecified atom stereocenters. The Morgan fingerprint density at radius 2 is 1.84 bits per heavy atom. The molecular formula is C26H30ClN3O7. The zero-order valence-corrected chi connectivity index (χ0v) is 21.5. The third-order valence-electron chi connectivity index (χ3n) is 8.32. The van der Waals surface area contributed by atoms with Crippen molar-refractivity contribution < 1.29 is 34.8 Å². The van der Waals surface area contributed by atoms with E-state index >= 15 is 0 Å².